The summed E-state index contributed by atoms with van der Waals surface area (Å²) < 4.78 is 22.5. The van der Waals surface area contributed by atoms with Crippen molar-refractivity contribution in [3.63, 3.8) is 0 Å². The van der Waals surface area contributed by atoms with E-state index in [9.17, 15) is 19.2 Å². The van der Waals surface area contributed by atoms with Gasteiger partial charge in [-0.05, 0) is 42.5 Å². The molecule has 0 aliphatic rings. The van der Waals surface area contributed by atoms with Gasteiger partial charge in [-0.1, -0.05) is 12.1 Å². The summed E-state index contributed by atoms with van der Waals surface area (Å²) in [5.41, 5.74) is 0.860. The van der Waals surface area contributed by atoms with E-state index in [1.165, 1.54) is 32.4 Å². The summed E-state index contributed by atoms with van der Waals surface area (Å²) in [7, 11) is 4.53. The minimum Gasteiger partial charge on any atom is -0.495 e. The molecule has 0 aliphatic carbocycles. The average molecular weight is 495 g/mol. The highest BCUT2D eigenvalue weighted by Crippen LogP contribution is 2.29. The van der Waals surface area contributed by atoms with Gasteiger partial charge in [0.25, 0.3) is 17.7 Å². The first-order chi connectivity index (χ1) is 17.3. The largest absolute Gasteiger partial charge is 0.495 e. The molecular formula is C25H25N3O8. The molecule has 11 nitrogen and oxygen atoms in total. The van der Waals surface area contributed by atoms with Crippen molar-refractivity contribution in [2.24, 2.45) is 7.05 Å². The summed E-state index contributed by atoms with van der Waals surface area (Å²) in [6.07, 6.45) is 1.66. The molecule has 0 aliphatic heterocycles. The number of hydrogen-bond acceptors (Lipinski definition) is 8. The van der Waals surface area contributed by atoms with E-state index in [2.05, 4.69) is 10.6 Å². The number of carbonyl (C=O) groups excluding carboxylic acids is 4. The SMILES string of the molecule is COc1ccccc1NC(=O)COc1ccc(C(=O)OCC(=O)NC(=O)c2cccn2C)cc1OC. The third-order valence-corrected chi connectivity index (χ3v) is 4.90. The van der Waals surface area contributed by atoms with Crippen molar-refractivity contribution in [2.75, 3.05) is 32.8 Å². The fourth-order valence-electron chi connectivity index (χ4n) is 3.13. The number of nitrogens with one attached hydrogen (secondary N) is 2. The monoisotopic (exact) mass is 495 g/mol. The summed E-state index contributed by atoms with van der Waals surface area (Å²) in [6.45, 7) is -0.980. The summed E-state index contributed by atoms with van der Waals surface area (Å²) >= 11 is 0. The molecule has 1 aromatic heterocycles. The third-order valence-electron chi connectivity index (χ3n) is 4.90. The van der Waals surface area contributed by atoms with Gasteiger partial charge in [0.05, 0.1) is 25.5 Å². The van der Waals surface area contributed by atoms with Crippen molar-refractivity contribution in [3.05, 3.63) is 72.1 Å². The van der Waals surface area contributed by atoms with Crippen molar-refractivity contribution >= 4 is 29.4 Å². The molecule has 188 valence electrons. The van der Waals surface area contributed by atoms with Gasteiger partial charge in [-0.15, -0.1) is 0 Å². The number of aryl methyl sites for hydroxylation is 1. The molecule has 1 heterocycles. The zero-order valence-corrected chi connectivity index (χ0v) is 19.9. The summed E-state index contributed by atoms with van der Waals surface area (Å²) in [5.74, 6) is -1.72. The van der Waals surface area contributed by atoms with Crippen molar-refractivity contribution < 1.29 is 38.1 Å². The van der Waals surface area contributed by atoms with Crippen LogP contribution in [0.25, 0.3) is 0 Å². The number of amides is 3. The molecule has 11 heteroatoms. The number of aromatic nitrogens is 1. The minimum absolute atomic E-state index is 0.0826. The number of nitrogens with zero attached hydrogens (tertiary/aromatic N) is 1. The number of benzene rings is 2. The zero-order chi connectivity index (χ0) is 26.1. The lowest BCUT2D eigenvalue weighted by atomic mass is 10.2. The van der Waals surface area contributed by atoms with Crippen LogP contribution in [0, 0.1) is 0 Å². The number of esters is 1. The molecule has 0 spiro atoms. The van der Waals surface area contributed by atoms with Crippen LogP contribution in [-0.4, -0.2) is 55.7 Å². The number of imide groups is 1. The minimum atomic E-state index is -0.810. The molecule has 3 amide bonds. The average Bonchev–Trinajstić information content (AvgIpc) is 3.32. The molecule has 0 radical (unpaired) electrons. The number of hydrogen-bond donors (Lipinski definition) is 2. The number of methoxy groups -OCH3 is 2. The first kappa shape index (κ1) is 25.8. The summed E-state index contributed by atoms with van der Waals surface area (Å²) in [5, 5.41) is 4.83. The number of para-hydroxylation sites is 2. The van der Waals surface area contributed by atoms with Crippen LogP contribution in [-0.2, 0) is 21.4 Å². The van der Waals surface area contributed by atoms with Crippen LogP contribution in [0.1, 0.15) is 20.8 Å². The van der Waals surface area contributed by atoms with Gasteiger partial charge in [-0.25, -0.2) is 4.79 Å². The fourth-order valence-corrected chi connectivity index (χ4v) is 3.13. The van der Waals surface area contributed by atoms with Gasteiger partial charge >= 0.3 is 5.97 Å². The normalized spacial score (nSPS) is 10.2. The smallest absolute Gasteiger partial charge is 0.338 e. The van der Waals surface area contributed by atoms with E-state index in [0.29, 0.717) is 11.4 Å². The Morgan fingerprint density at radius 2 is 1.58 bits per heavy atom. The third kappa shape index (κ3) is 6.63. The highest BCUT2D eigenvalue weighted by atomic mass is 16.5. The predicted molar refractivity (Wildman–Crippen MR) is 128 cm³/mol. The maximum Gasteiger partial charge on any atom is 0.338 e. The van der Waals surface area contributed by atoms with Crippen molar-refractivity contribution in [1.29, 1.82) is 0 Å². The maximum atomic E-state index is 12.4. The van der Waals surface area contributed by atoms with Crippen molar-refractivity contribution in [3.8, 4) is 17.2 Å². The van der Waals surface area contributed by atoms with E-state index in [-0.39, 0.29) is 29.4 Å². The Bertz CT molecular complexity index is 1270. The van der Waals surface area contributed by atoms with Crippen LogP contribution in [0.2, 0.25) is 0 Å². The number of anilines is 1. The van der Waals surface area contributed by atoms with Gasteiger partial charge in [0.1, 0.15) is 11.4 Å². The molecule has 36 heavy (non-hydrogen) atoms. The van der Waals surface area contributed by atoms with Gasteiger partial charge in [0.15, 0.2) is 24.7 Å². The van der Waals surface area contributed by atoms with E-state index in [0.717, 1.165) is 0 Å². The molecule has 0 fully saturated rings. The lowest BCUT2D eigenvalue weighted by Crippen LogP contribution is -2.35. The molecule has 0 unspecified atom stereocenters. The molecule has 2 N–H and O–H groups in total. The molecule has 0 saturated carbocycles. The van der Waals surface area contributed by atoms with Crippen LogP contribution < -0.4 is 24.8 Å². The second kappa shape index (κ2) is 12.1. The standard InChI is InChI=1S/C25H25N3O8/c1-28-12-6-8-18(28)24(31)27-23(30)15-36-25(32)16-10-11-20(21(13-16)34-3)35-14-22(29)26-17-7-4-5-9-19(17)33-2/h4-13H,14-15H2,1-3H3,(H,26,29)(H,27,30,31). The van der Waals surface area contributed by atoms with E-state index in [1.807, 2.05) is 0 Å². The molecule has 2 aromatic carbocycles. The Balaban J connectivity index is 1.53. The topological polar surface area (TPSA) is 134 Å². The quantitative estimate of drug-likeness (QED) is 0.409. The molecule has 0 atom stereocenters. The van der Waals surface area contributed by atoms with E-state index >= 15 is 0 Å². The van der Waals surface area contributed by atoms with Gasteiger partial charge in [-0.2, -0.15) is 0 Å². The van der Waals surface area contributed by atoms with Gasteiger partial charge in [-0.3, -0.25) is 19.7 Å². The molecule has 0 bridgehead atoms. The summed E-state index contributed by atoms with van der Waals surface area (Å²) in [4.78, 5) is 48.7. The van der Waals surface area contributed by atoms with Crippen LogP contribution in [0.15, 0.2) is 60.8 Å². The van der Waals surface area contributed by atoms with Gasteiger partial charge in [0.2, 0.25) is 0 Å². The van der Waals surface area contributed by atoms with E-state index < -0.39 is 30.3 Å². The second-order valence-electron chi connectivity index (χ2n) is 7.36. The molecular weight excluding hydrogens is 470 g/mol. The summed E-state index contributed by atoms with van der Waals surface area (Å²) in [6, 6.07) is 14.3. The highest BCUT2D eigenvalue weighted by molar-refractivity contribution is 6.04. The number of carbonyl (C=O) groups is 4. The van der Waals surface area contributed by atoms with E-state index in [4.69, 9.17) is 18.9 Å². The lowest BCUT2D eigenvalue weighted by molar-refractivity contribution is -0.123. The Labute approximate surface area is 206 Å². The molecule has 3 aromatic rings. The molecule has 0 saturated heterocycles. The maximum absolute atomic E-state index is 12.4. The Hall–Kier alpha value is -4.80. The highest BCUT2D eigenvalue weighted by Gasteiger charge is 2.17. The molecule has 3 rings (SSSR count). The van der Waals surface area contributed by atoms with Gasteiger partial charge < -0.3 is 28.8 Å². The first-order valence-corrected chi connectivity index (χ1v) is 10.7. The van der Waals surface area contributed by atoms with Crippen LogP contribution in [0.4, 0.5) is 5.69 Å². The zero-order valence-electron chi connectivity index (χ0n) is 19.9. The first-order valence-electron chi connectivity index (χ1n) is 10.7. The number of rotatable bonds is 10. The van der Waals surface area contributed by atoms with Crippen LogP contribution in [0.3, 0.4) is 0 Å². The van der Waals surface area contributed by atoms with Gasteiger partial charge in [0, 0.05) is 13.2 Å². The Morgan fingerprint density at radius 3 is 2.28 bits per heavy atom. The fraction of sp³-hybridized carbons (Fsp3) is 0.200. The Morgan fingerprint density at radius 1 is 0.833 bits per heavy atom. The Kier molecular flexibility index (Phi) is 8.65. The second-order valence-corrected chi connectivity index (χ2v) is 7.36. The van der Waals surface area contributed by atoms with Crippen molar-refractivity contribution in [2.45, 2.75) is 0 Å². The van der Waals surface area contributed by atoms with Crippen LogP contribution in [0.5, 0.6) is 17.2 Å². The van der Waals surface area contributed by atoms with Crippen LogP contribution >= 0.6 is 0 Å². The van der Waals surface area contributed by atoms with Crippen molar-refractivity contribution in [1.82, 2.24) is 9.88 Å². The predicted octanol–water partition coefficient (Wildman–Crippen LogP) is 2.17. The lowest BCUT2D eigenvalue weighted by Gasteiger charge is -2.13. The number of ether oxygens (including phenoxy) is 4. The van der Waals surface area contributed by atoms with E-state index in [1.54, 1.807) is 54.2 Å².